The van der Waals surface area contributed by atoms with E-state index in [2.05, 4.69) is 10.5 Å². The number of hydrogen-bond donors (Lipinski definition) is 1. The second-order valence-corrected chi connectivity index (χ2v) is 7.78. The van der Waals surface area contributed by atoms with Gasteiger partial charge in [-0.2, -0.15) is 4.31 Å². The molecule has 3 heterocycles. The summed E-state index contributed by atoms with van der Waals surface area (Å²) in [5.74, 6) is -0.0857. The number of aromatic nitrogens is 1. The van der Waals surface area contributed by atoms with Crippen LogP contribution in [0.3, 0.4) is 0 Å². The van der Waals surface area contributed by atoms with Gasteiger partial charge in [0.05, 0.1) is 0 Å². The number of nitrogens with zero attached hydrogens (tertiary/aromatic N) is 2. The van der Waals surface area contributed by atoms with Gasteiger partial charge in [-0.05, 0) is 25.3 Å². The zero-order chi connectivity index (χ0) is 15.9. The molecule has 1 atom stereocenters. The normalized spacial score (nSPS) is 20.1. The van der Waals surface area contributed by atoms with Gasteiger partial charge >= 0.3 is 0 Å². The van der Waals surface area contributed by atoms with Gasteiger partial charge in [-0.25, -0.2) is 8.42 Å². The summed E-state index contributed by atoms with van der Waals surface area (Å²) in [5.41, 5.74) is 0.299. The van der Waals surface area contributed by atoms with Crippen molar-refractivity contribution >= 4 is 27.3 Å². The van der Waals surface area contributed by atoms with Crippen LogP contribution in [0.1, 0.15) is 22.4 Å². The van der Waals surface area contributed by atoms with E-state index in [-0.39, 0.29) is 29.7 Å². The molecule has 2 aromatic rings. The molecular formula is C13H15N3O4S2. The Morgan fingerprint density at radius 2 is 2.23 bits per heavy atom. The van der Waals surface area contributed by atoms with Crippen molar-refractivity contribution in [3.8, 4) is 0 Å². The predicted octanol–water partition coefficient (Wildman–Crippen LogP) is 1.21. The second-order valence-electron chi connectivity index (χ2n) is 4.98. The molecule has 0 unspecified atom stereocenters. The average Bonchev–Trinajstić information content (AvgIpc) is 3.09. The third kappa shape index (κ3) is 2.34. The summed E-state index contributed by atoms with van der Waals surface area (Å²) in [6.07, 6.45) is 0. The SMILES string of the molecule is Cc1noc(C)c1S(=O)(=O)N1CCNC(=O)[C@@H]1c1cccs1. The van der Waals surface area contributed by atoms with Crippen molar-refractivity contribution in [2.45, 2.75) is 24.8 Å². The quantitative estimate of drug-likeness (QED) is 0.906. The monoisotopic (exact) mass is 341 g/mol. The molecule has 0 spiro atoms. The fourth-order valence-corrected chi connectivity index (χ4v) is 5.35. The summed E-state index contributed by atoms with van der Waals surface area (Å²) in [5, 5.41) is 8.24. The molecule has 1 amide bonds. The van der Waals surface area contributed by atoms with E-state index in [0.29, 0.717) is 10.6 Å². The molecule has 2 aromatic heterocycles. The van der Waals surface area contributed by atoms with E-state index in [9.17, 15) is 13.2 Å². The van der Waals surface area contributed by atoms with Gasteiger partial charge in [-0.1, -0.05) is 11.2 Å². The highest BCUT2D eigenvalue weighted by Crippen LogP contribution is 2.33. The molecule has 7 nitrogen and oxygen atoms in total. The molecule has 3 rings (SSSR count). The maximum absolute atomic E-state index is 13.0. The molecule has 22 heavy (non-hydrogen) atoms. The van der Waals surface area contributed by atoms with Gasteiger partial charge in [0.2, 0.25) is 15.9 Å². The minimum atomic E-state index is -3.87. The van der Waals surface area contributed by atoms with E-state index in [1.54, 1.807) is 26.0 Å². The fourth-order valence-electron chi connectivity index (χ4n) is 2.58. The zero-order valence-corrected chi connectivity index (χ0v) is 13.7. The van der Waals surface area contributed by atoms with E-state index in [0.717, 1.165) is 0 Å². The number of aryl methyl sites for hydroxylation is 2. The van der Waals surface area contributed by atoms with Crippen molar-refractivity contribution in [2.75, 3.05) is 13.1 Å². The predicted molar refractivity (Wildman–Crippen MR) is 79.9 cm³/mol. The lowest BCUT2D eigenvalue weighted by atomic mass is 10.2. The van der Waals surface area contributed by atoms with E-state index < -0.39 is 16.1 Å². The summed E-state index contributed by atoms with van der Waals surface area (Å²) < 4.78 is 32.2. The third-order valence-electron chi connectivity index (χ3n) is 3.51. The Kier molecular flexibility index (Phi) is 3.79. The third-order valence-corrected chi connectivity index (χ3v) is 6.55. The van der Waals surface area contributed by atoms with Crippen molar-refractivity contribution in [3.05, 3.63) is 33.8 Å². The Labute approximate surface area is 132 Å². The maximum Gasteiger partial charge on any atom is 0.249 e. The molecule has 1 fully saturated rings. The smallest absolute Gasteiger partial charge is 0.249 e. The van der Waals surface area contributed by atoms with Crippen molar-refractivity contribution in [3.63, 3.8) is 0 Å². The molecule has 0 aliphatic carbocycles. The van der Waals surface area contributed by atoms with Crippen molar-refractivity contribution in [1.29, 1.82) is 0 Å². The van der Waals surface area contributed by atoms with Crippen LogP contribution in [0.2, 0.25) is 0 Å². The number of piperazine rings is 1. The van der Waals surface area contributed by atoms with Crippen LogP contribution in [0.25, 0.3) is 0 Å². The number of sulfonamides is 1. The van der Waals surface area contributed by atoms with Crippen molar-refractivity contribution in [2.24, 2.45) is 0 Å². The van der Waals surface area contributed by atoms with E-state index in [1.165, 1.54) is 15.6 Å². The van der Waals surface area contributed by atoms with Crippen molar-refractivity contribution < 1.29 is 17.7 Å². The number of carbonyl (C=O) groups excluding carboxylic acids is 1. The van der Waals surface area contributed by atoms with E-state index in [1.807, 2.05) is 5.38 Å². The molecule has 0 aromatic carbocycles. The van der Waals surface area contributed by atoms with Gasteiger partial charge in [-0.3, -0.25) is 4.79 Å². The Balaban J connectivity index is 2.10. The molecular weight excluding hydrogens is 326 g/mol. The largest absolute Gasteiger partial charge is 0.360 e. The number of amides is 1. The van der Waals surface area contributed by atoms with Crippen LogP contribution < -0.4 is 5.32 Å². The van der Waals surface area contributed by atoms with Gasteiger partial charge in [0, 0.05) is 18.0 Å². The Morgan fingerprint density at radius 3 is 2.82 bits per heavy atom. The van der Waals surface area contributed by atoms with E-state index >= 15 is 0 Å². The molecule has 0 bridgehead atoms. The highest BCUT2D eigenvalue weighted by Gasteiger charge is 2.42. The van der Waals surface area contributed by atoms with Crippen LogP contribution >= 0.6 is 11.3 Å². The first kappa shape index (κ1) is 15.2. The van der Waals surface area contributed by atoms with Gasteiger partial charge < -0.3 is 9.84 Å². The van der Waals surface area contributed by atoms with Crippen LogP contribution in [-0.2, 0) is 14.8 Å². The van der Waals surface area contributed by atoms with Crippen LogP contribution in [0, 0.1) is 13.8 Å². The number of rotatable bonds is 3. The molecule has 1 saturated heterocycles. The first-order chi connectivity index (χ1) is 10.4. The van der Waals surface area contributed by atoms with Crippen LogP contribution in [-0.4, -0.2) is 36.9 Å². The van der Waals surface area contributed by atoms with Gasteiger partial charge in [-0.15, -0.1) is 11.3 Å². The molecule has 0 radical (unpaired) electrons. The van der Waals surface area contributed by atoms with Crippen LogP contribution in [0.5, 0.6) is 0 Å². The Hall–Kier alpha value is -1.71. The summed E-state index contributed by atoms with van der Waals surface area (Å²) in [6, 6.07) is 2.70. The fraction of sp³-hybridized carbons (Fsp3) is 0.385. The summed E-state index contributed by atoms with van der Waals surface area (Å²) in [6.45, 7) is 3.62. The van der Waals surface area contributed by atoms with Gasteiger partial charge in [0.25, 0.3) is 0 Å². The minimum Gasteiger partial charge on any atom is -0.360 e. The second kappa shape index (κ2) is 5.49. The maximum atomic E-state index is 13.0. The minimum absolute atomic E-state index is 0.0451. The molecule has 1 aliphatic rings. The molecule has 0 saturated carbocycles. The number of carbonyl (C=O) groups is 1. The lowest BCUT2D eigenvalue weighted by Crippen LogP contribution is -2.51. The average molecular weight is 341 g/mol. The lowest BCUT2D eigenvalue weighted by molar-refractivity contribution is -0.126. The molecule has 1 N–H and O–H groups in total. The summed E-state index contributed by atoms with van der Waals surface area (Å²) in [4.78, 5) is 13.0. The molecule has 1 aliphatic heterocycles. The first-order valence-electron chi connectivity index (χ1n) is 6.68. The van der Waals surface area contributed by atoms with Gasteiger partial charge in [0.1, 0.15) is 16.6 Å². The van der Waals surface area contributed by atoms with E-state index in [4.69, 9.17) is 4.52 Å². The number of hydrogen-bond acceptors (Lipinski definition) is 6. The standard InChI is InChI=1S/C13H15N3O4S2/c1-8-12(9(2)20-15-8)22(18,19)16-6-5-14-13(17)11(16)10-4-3-7-21-10/h3-4,7,11H,5-6H2,1-2H3,(H,14,17)/t11-/m0/s1. The highest BCUT2D eigenvalue weighted by molar-refractivity contribution is 7.89. The zero-order valence-electron chi connectivity index (χ0n) is 12.1. The Morgan fingerprint density at radius 1 is 1.45 bits per heavy atom. The summed E-state index contributed by atoms with van der Waals surface area (Å²) >= 11 is 1.35. The Bertz CT molecular complexity index is 776. The van der Waals surface area contributed by atoms with Gasteiger partial charge in [0.15, 0.2) is 5.76 Å². The topological polar surface area (TPSA) is 92.5 Å². The molecule has 118 valence electrons. The highest BCUT2D eigenvalue weighted by atomic mass is 32.2. The van der Waals surface area contributed by atoms with Crippen molar-refractivity contribution in [1.82, 2.24) is 14.8 Å². The van der Waals surface area contributed by atoms with Crippen LogP contribution in [0.4, 0.5) is 0 Å². The lowest BCUT2D eigenvalue weighted by Gasteiger charge is -2.33. The van der Waals surface area contributed by atoms with Crippen LogP contribution in [0.15, 0.2) is 26.9 Å². The first-order valence-corrected chi connectivity index (χ1v) is 9.00. The number of thiophene rings is 1. The molecule has 9 heteroatoms. The summed E-state index contributed by atoms with van der Waals surface area (Å²) in [7, 11) is -3.87. The number of nitrogens with one attached hydrogen (secondary N) is 1.